The molecule has 1 unspecified atom stereocenters. The number of carboxylic acids is 1. The smallest absolute Gasteiger partial charge is 0.320 e. The van der Waals surface area contributed by atoms with Crippen LogP contribution in [-0.2, 0) is 4.79 Å². The van der Waals surface area contributed by atoms with E-state index in [2.05, 4.69) is 16.6 Å². The van der Waals surface area contributed by atoms with Gasteiger partial charge in [-0.25, -0.2) is 0 Å². The van der Waals surface area contributed by atoms with Gasteiger partial charge < -0.3 is 10.8 Å². The molecule has 0 spiro atoms. The molecule has 0 saturated heterocycles. The number of nitrogens with two attached hydrogens (primary N) is 1. The Labute approximate surface area is 81.3 Å². The Morgan fingerprint density at radius 3 is 2.86 bits per heavy atom. The zero-order valence-electron chi connectivity index (χ0n) is 7.63. The van der Waals surface area contributed by atoms with Crippen molar-refractivity contribution in [3.8, 4) is 0 Å². The molecule has 0 fully saturated rings. The van der Waals surface area contributed by atoms with Gasteiger partial charge in [0.25, 0.3) is 0 Å². The zero-order valence-corrected chi connectivity index (χ0v) is 7.63. The van der Waals surface area contributed by atoms with Gasteiger partial charge in [-0.1, -0.05) is 29.4 Å². The second-order valence-electron chi connectivity index (χ2n) is 2.60. The Kier molecular flexibility index (Phi) is 5.85. The molecular formula is C8H12N4O2. The lowest BCUT2D eigenvalue weighted by atomic mass is 10.1. The molecule has 0 aliphatic rings. The van der Waals surface area contributed by atoms with Crippen molar-refractivity contribution in [2.24, 2.45) is 10.8 Å². The van der Waals surface area contributed by atoms with Crippen LogP contribution in [0.2, 0.25) is 0 Å². The fourth-order valence-electron chi connectivity index (χ4n) is 0.844. The summed E-state index contributed by atoms with van der Waals surface area (Å²) in [5.41, 5.74) is 14.0. The van der Waals surface area contributed by atoms with Gasteiger partial charge in [0, 0.05) is 11.5 Å². The molecule has 0 aromatic carbocycles. The molecule has 6 heteroatoms. The Bertz CT molecular complexity index is 292. The van der Waals surface area contributed by atoms with Crippen molar-refractivity contribution in [1.29, 1.82) is 0 Å². The number of allylic oxidation sites excluding steroid dienone is 2. The van der Waals surface area contributed by atoms with Crippen molar-refractivity contribution in [2.75, 3.05) is 6.54 Å². The van der Waals surface area contributed by atoms with Crippen molar-refractivity contribution >= 4 is 5.97 Å². The molecule has 0 aromatic heterocycles. The number of hydrogen-bond acceptors (Lipinski definition) is 3. The van der Waals surface area contributed by atoms with E-state index in [1.165, 1.54) is 6.08 Å². The molecule has 0 radical (unpaired) electrons. The van der Waals surface area contributed by atoms with Crippen molar-refractivity contribution in [2.45, 2.75) is 12.5 Å². The summed E-state index contributed by atoms with van der Waals surface area (Å²) in [6.07, 6.45) is 3.24. The van der Waals surface area contributed by atoms with E-state index in [4.69, 9.17) is 16.4 Å². The minimum Gasteiger partial charge on any atom is -0.480 e. The van der Waals surface area contributed by atoms with Gasteiger partial charge in [0.1, 0.15) is 6.04 Å². The maximum Gasteiger partial charge on any atom is 0.320 e. The van der Waals surface area contributed by atoms with E-state index in [1.807, 2.05) is 0 Å². The summed E-state index contributed by atoms with van der Waals surface area (Å²) in [5.74, 6) is -1.08. The summed E-state index contributed by atoms with van der Waals surface area (Å²) in [4.78, 5) is 13.0. The third kappa shape index (κ3) is 4.97. The van der Waals surface area contributed by atoms with E-state index in [0.29, 0.717) is 5.57 Å². The van der Waals surface area contributed by atoms with Gasteiger partial charge in [0.05, 0.1) is 0 Å². The number of azide groups is 1. The molecule has 0 heterocycles. The largest absolute Gasteiger partial charge is 0.480 e. The first kappa shape index (κ1) is 12.2. The number of nitrogens with zero attached hydrogens (tertiary/aromatic N) is 3. The van der Waals surface area contributed by atoms with Crippen molar-refractivity contribution in [3.05, 3.63) is 34.7 Å². The van der Waals surface area contributed by atoms with Crippen LogP contribution >= 0.6 is 0 Å². The Hall–Kier alpha value is -1.78. The van der Waals surface area contributed by atoms with Crippen molar-refractivity contribution in [3.63, 3.8) is 0 Å². The maximum atomic E-state index is 10.4. The Balaban J connectivity index is 4.37. The van der Waals surface area contributed by atoms with Crippen LogP contribution in [0, 0.1) is 0 Å². The highest BCUT2D eigenvalue weighted by Gasteiger charge is 2.12. The van der Waals surface area contributed by atoms with Gasteiger partial charge in [-0.2, -0.15) is 0 Å². The fraction of sp³-hybridized carbons (Fsp3) is 0.375. The van der Waals surface area contributed by atoms with E-state index < -0.39 is 12.0 Å². The summed E-state index contributed by atoms with van der Waals surface area (Å²) < 4.78 is 0. The fourth-order valence-corrected chi connectivity index (χ4v) is 0.844. The molecule has 0 aliphatic heterocycles. The highest BCUT2D eigenvalue weighted by Crippen LogP contribution is 2.05. The van der Waals surface area contributed by atoms with Crippen molar-refractivity contribution in [1.82, 2.24) is 0 Å². The quantitative estimate of drug-likeness (QED) is 0.288. The summed E-state index contributed by atoms with van der Waals surface area (Å²) >= 11 is 0. The number of hydrogen-bond donors (Lipinski definition) is 2. The molecule has 1 atom stereocenters. The second-order valence-corrected chi connectivity index (χ2v) is 2.60. The third-order valence-corrected chi connectivity index (χ3v) is 1.49. The number of carbonyl (C=O) groups is 1. The molecule has 76 valence electrons. The van der Waals surface area contributed by atoms with Crippen LogP contribution < -0.4 is 5.73 Å². The molecule has 0 saturated carbocycles. The minimum atomic E-state index is -1.08. The molecule has 0 bridgehead atoms. The predicted octanol–water partition coefficient (Wildman–Crippen LogP) is 1.21. The first-order valence-electron chi connectivity index (χ1n) is 3.91. The molecule has 6 nitrogen and oxygen atoms in total. The standard InChI is InChI=1S/C8H12N4O2/c1-2-3-6(5-11-12-10)4-7(9)8(13)14/h2-3,7H,1,4-5,9H2,(H,13,14)/b6-3+. The summed E-state index contributed by atoms with van der Waals surface area (Å²) in [6.45, 7) is 3.58. The number of carboxylic acid groups (broad SMARTS) is 1. The van der Waals surface area contributed by atoms with E-state index >= 15 is 0 Å². The van der Waals surface area contributed by atoms with Crippen LogP contribution in [0.3, 0.4) is 0 Å². The van der Waals surface area contributed by atoms with E-state index in [0.717, 1.165) is 0 Å². The van der Waals surface area contributed by atoms with Crippen LogP contribution in [0.1, 0.15) is 6.42 Å². The molecule has 14 heavy (non-hydrogen) atoms. The molecule has 0 rings (SSSR count). The van der Waals surface area contributed by atoms with Gasteiger partial charge >= 0.3 is 5.97 Å². The van der Waals surface area contributed by atoms with Crippen LogP contribution in [0.25, 0.3) is 10.4 Å². The van der Waals surface area contributed by atoms with Gasteiger partial charge in [-0.3, -0.25) is 4.79 Å². The summed E-state index contributed by atoms with van der Waals surface area (Å²) in [5, 5.41) is 11.9. The van der Waals surface area contributed by atoms with Crippen LogP contribution in [0.15, 0.2) is 29.4 Å². The Morgan fingerprint density at radius 1 is 1.79 bits per heavy atom. The second kappa shape index (κ2) is 6.71. The predicted molar refractivity (Wildman–Crippen MR) is 52.5 cm³/mol. The van der Waals surface area contributed by atoms with Gasteiger partial charge in [0.2, 0.25) is 0 Å². The lowest BCUT2D eigenvalue weighted by molar-refractivity contribution is -0.138. The SMILES string of the molecule is C=C/C=C(/CN=[N+]=[N-])CC(N)C(=O)O. The van der Waals surface area contributed by atoms with Gasteiger partial charge in [0.15, 0.2) is 0 Å². The Morgan fingerprint density at radius 2 is 2.43 bits per heavy atom. The normalized spacial score (nSPS) is 12.8. The van der Waals surface area contributed by atoms with E-state index in [1.54, 1.807) is 6.08 Å². The average molecular weight is 196 g/mol. The van der Waals surface area contributed by atoms with Crippen LogP contribution in [0.5, 0.6) is 0 Å². The number of rotatable bonds is 6. The molecular weight excluding hydrogens is 184 g/mol. The lowest BCUT2D eigenvalue weighted by Crippen LogP contribution is -2.30. The highest BCUT2D eigenvalue weighted by atomic mass is 16.4. The molecule has 0 aliphatic carbocycles. The van der Waals surface area contributed by atoms with Gasteiger partial charge in [-0.15, -0.1) is 0 Å². The maximum absolute atomic E-state index is 10.4. The zero-order chi connectivity index (χ0) is 11.0. The summed E-state index contributed by atoms with van der Waals surface area (Å²) in [7, 11) is 0. The van der Waals surface area contributed by atoms with Crippen LogP contribution in [-0.4, -0.2) is 23.7 Å². The first-order valence-corrected chi connectivity index (χ1v) is 3.91. The summed E-state index contributed by atoms with van der Waals surface area (Å²) in [6, 6.07) is -0.977. The average Bonchev–Trinajstić information content (AvgIpc) is 2.14. The molecule has 3 N–H and O–H groups in total. The minimum absolute atomic E-state index is 0.115. The topological polar surface area (TPSA) is 112 Å². The number of aliphatic carboxylic acids is 1. The highest BCUT2D eigenvalue weighted by molar-refractivity contribution is 5.73. The van der Waals surface area contributed by atoms with Crippen LogP contribution in [0.4, 0.5) is 0 Å². The molecule has 0 aromatic rings. The molecule has 0 amide bonds. The van der Waals surface area contributed by atoms with E-state index in [-0.39, 0.29) is 13.0 Å². The van der Waals surface area contributed by atoms with E-state index in [9.17, 15) is 4.79 Å². The monoisotopic (exact) mass is 196 g/mol. The van der Waals surface area contributed by atoms with Crippen molar-refractivity contribution < 1.29 is 9.90 Å². The van der Waals surface area contributed by atoms with Gasteiger partial charge in [-0.05, 0) is 12.0 Å². The first-order chi connectivity index (χ1) is 6.61. The third-order valence-electron chi connectivity index (χ3n) is 1.49. The lowest BCUT2D eigenvalue weighted by Gasteiger charge is -2.07.